The van der Waals surface area contributed by atoms with E-state index in [-0.39, 0.29) is 0 Å². The topological polar surface area (TPSA) is 283 Å². The number of hydrogen-bond donors (Lipinski definition) is 5. The van der Waals surface area contributed by atoms with E-state index in [0.717, 1.165) is 167 Å². The summed E-state index contributed by atoms with van der Waals surface area (Å²) in [5.74, 6) is 1.51. The summed E-state index contributed by atoms with van der Waals surface area (Å²) in [4.78, 5) is 49.8. The average molecular weight is 1490 g/mol. The Bertz CT molecular complexity index is 3830. The number of nitrogens with one attached hydrogen (secondary N) is 1. The molecule has 588 valence electrons. The Hall–Kier alpha value is -8.97. The first-order chi connectivity index (χ1) is 51.8. The van der Waals surface area contributed by atoms with Gasteiger partial charge in [0.1, 0.15) is 17.2 Å². The molecule has 5 aromatic carbocycles. The molecule has 108 heavy (non-hydrogen) atoms. The van der Waals surface area contributed by atoms with Gasteiger partial charge in [0.05, 0.1) is 53.6 Å². The van der Waals surface area contributed by atoms with E-state index in [1.54, 1.807) is 0 Å². The summed E-state index contributed by atoms with van der Waals surface area (Å²) in [6, 6.07) is 34.3. The zero-order valence-electron chi connectivity index (χ0n) is 65.8. The van der Waals surface area contributed by atoms with Crippen LogP contribution in [0.2, 0.25) is 0 Å². The highest BCUT2D eigenvalue weighted by Gasteiger charge is 2.26. The Kier molecular flexibility index (Phi) is 36.0. The van der Waals surface area contributed by atoms with E-state index < -0.39 is 23.9 Å². The summed E-state index contributed by atoms with van der Waals surface area (Å²) in [5.41, 5.74) is 12.1. The van der Waals surface area contributed by atoms with Gasteiger partial charge < -0.3 is 68.2 Å². The summed E-state index contributed by atoms with van der Waals surface area (Å²) in [5, 5.41) is 51.5. The second kappa shape index (κ2) is 45.1. The summed E-state index contributed by atoms with van der Waals surface area (Å²) >= 11 is 0. The molecule has 11 rings (SSSR count). The molecule has 3 fully saturated rings. The van der Waals surface area contributed by atoms with Crippen molar-refractivity contribution < 1.29 is 67.4 Å². The highest BCUT2D eigenvalue weighted by molar-refractivity contribution is 5.90. The first-order valence-corrected chi connectivity index (χ1v) is 38.3. The number of aryl methyl sites for hydroxylation is 3. The van der Waals surface area contributed by atoms with Gasteiger partial charge in [-0.25, -0.2) is 19.2 Å². The number of piperidine rings is 3. The zero-order valence-corrected chi connectivity index (χ0v) is 65.8. The van der Waals surface area contributed by atoms with Gasteiger partial charge in [0.15, 0.2) is 16.7 Å². The Labute approximate surface area is 638 Å². The molecule has 8 aromatic rings. The fourth-order valence-corrected chi connectivity index (χ4v) is 13.4. The van der Waals surface area contributed by atoms with Crippen LogP contribution in [0.3, 0.4) is 0 Å². The van der Waals surface area contributed by atoms with Crippen LogP contribution in [0, 0.1) is 35.5 Å². The van der Waals surface area contributed by atoms with Gasteiger partial charge in [0.25, 0.3) is 0 Å². The number of carbonyl (C=O) groups is 4. The lowest BCUT2D eigenvalue weighted by Gasteiger charge is -2.32. The molecule has 23 nitrogen and oxygen atoms in total. The Morgan fingerprint density at radius 2 is 0.713 bits per heavy atom. The summed E-state index contributed by atoms with van der Waals surface area (Å²) in [6.45, 7) is 26.6. The number of ether oxygens (including phenoxy) is 3. The van der Waals surface area contributed by atoms with E-state index in [0.29, 0.717) is 61.9 Å². The minimum absolute atomic E-state index is 0.484. The van der Waals surface area contributed by atoms with Gasteiger partial charge in [-0.2, -0.15) is 0 Å². The quantitative estimate of drug-likeness (QED) is 0.0245. The molecule has 0 bridgehead atoms. The van der Waals surface area contributed by atoms with E-state index in [1.807, 2.05) is 0 Å². The standard InChI is InChI=1S/2C28H39N3O2.C21H33N3O2.2C4H4O4/c2*1-21(2)20-32-27-13-11-24-26(29-33-28(24)25(27)19-30(3)4)12-10-22-14-16-31(17-15-22)18-23-8-6-5-7-9-23;1-15(2)14-25-20-8-6-17-19(7-5-16-9-11-22-12-10-16)23-26-21(17)18(20)13-24(3)4;2*5-3(6)1-2-4(7)8/h2*5-9,11,13,21-22H,10,12,14-20H2,1-4H3;6,8,15-16,22H,5,7,9-14H2,1-4H3;2*1-2H,(H,5,6)(H,7,8)/b;;;2*2-1+. The second-order valence-electron chi connectivity index (χ2n) is 30.7. The van der Waals surface area contributed by atoms with Crippen LogP contribution < -0.4 is 19.5 Å². The molecule has 0 aliphatic carbocycles. The fraction of sp³-hybridized carbons (Fsp3) is 0.518. The third kappa shape index (κ3) is 29.9. The van der Waals surface area contributed by atoms with Crippen molar-refractivity contribution in [3.8, 4) is 17.2 Å². The molecule has 3 saturated heterocycles. The van der Waals surface area contributed by atoms with E-state index in [9.17, 15) is 19.2 Å². The number of nitrogens with zero attached hydrogens (tertiary/aromatic N) is 8. The minimum atomic E-state index is -1.26. The molecule has 0 spiro atoms. The normalized spacial score (nSPS) is 14.9. The number of carboxylic acids is 4. The summed E-state index contributed by atoms with van der Waals surface area (Å²) in [7, 11) is 12.4. The molecule has 5 N–H and O–H groups in total. The number of aromatic nitrogens is 3. The maximum atomic E-state index is 9.55. The molecule has 0 saturated carbocycles. The number of rotatable bonds is 32. The second-order valence-corrected chi connectivity index (χ2v) is 30.7. The molecule has 0 radical (unpaired) electrons. The lowest BCUT2D eigenvalue weighted by atomic mass is 9.91. The first kappa shape index (κ1) is 86.3. The lowest BCUT2D eigenvalue weighted by Crippen LogP contribution is -2.33. The fourth-order valence-electron chi connectivity index (χ4n) is 13.4. The van der Waals surface area contributed by atoms with Crippen LogP contribution >= 0.6 is 0 Å². The Morgan fingerprint density at radius 3 is 0.972 bits per heavy atom. The van der Waals surface area contributed by atoms with Crippen molar-refractivity contribution in [3.05, 3.63) is 166 Å². The molecule has 3 aromatic heterocycles. The van der Waals surface area contributed by atoms with Gasteiger partial charge in [-0.3, -0.25) is 9.80 Å². The van der Waals surface area contributed by atoms with E-state index in [4.69, 9.17) is 48.2 Å². The SMILES string of the molecule is CC(C)COc1ccc2c(CCC3CCN(Cc4ccccc4)CC3)noc2c1CN(C)C.CC(C)COc1ccc2c(CCC3CCN(Cc4ccccc4)CC3)noc2c1CN(C)C.CC(C)COc1ccc2c(CCC3CCNCC3)noc2c1CN(C)C.O=C(O)/C=C/C(=O)O.O=C(O)/C=C/C(=O)O. The predicted molar refractivity (Wildman–Crippen MR) is 423 cm³/mol. The van der Waals surface area contributed by atoms with Crippen LogP contribution in [0.15, 0.2) is 135 Å². The molecule has 3 aliphatic rings. The van der Waals surface area contributed by atoms with Crippen LogP contribution in [-0.4, -0.2) is 186 Å². The largest absolute Gasteiger partial charge is 0.493 e. The molecule has 0 atom stereocenters. The third-order valence-electron chi connectivity index (χ3n) is 18.9. The molecular formula is C85H119N9O14. The van der Waals surface area contributed by atoms with E-state index >= 15 is 0 Å². The number of likely N-dealkylation sites (tertiary alicyclic amines) is 2. The maximum absolute atomic E-state index is 9.55. The number of benzene rings is 5. The van der Waals surface area contributed by atoms with Gasteiger partial charge >= 0.3 is 23.9 Å². The van der Waals surface area contributed by atoms with Crippen molar-refractivity contribution in [2.45, 2.75) is 151 Å². The minimum Gasteiger partial charge on any atom is -0.493 e. The zero-order chi connectivity index (χ0) is 78.1. The third-order valence-corrected chi connectivity index (χ3v) is 18.9. The molecule has 0 unspecified atom stereocenters. The molecule has 6 heterocycles. The van der Waals surface area contributed by atoms with Crippen molar-refractivity contribution in [2.24, 2.45) is 35.5 Å². The van der Waals surface area contributed by atoms with E-state index in [1.165, 1.54) is 95.1 Å². The molecule has 0 amide bonds. The van der Waals surface area contributed by atoms with Gasteiger partial charge in [-0.15, -0.1) is 0 Å². The van der Waals surface area contributed by atoms with Crippen molar-refractivity contribution >= 4 is 56.8 Å². The Morgan fingerprint density at radius 1 is 0.435 bits per heavy atom. The van der Waals surface area contributed by atoms with Gasteiger partial charge in [-0.1, -0.05) is 118 Å². The number of fused-ring (bicyclic) bond motifs is 3. The molecular weight excluding hydrogens is 1370 g/mol. The average Bonchev–Trinajstić information content (AvgIpc) is 1.64. The molecule has 3 aliphatic heterocycles. The monoisotopic (exact) mass is 1490 g/mol. The number of aliphatic carboxylic acids is 4. The summed E-state index contributed by atoms with van der Waals surface area (Å²) in [6.07, 6.45) is 16.3. The van der Waals surface area contributed by atoms with Crippen molar-refractivity contribution in [1.29, 1.82) is 0 Å². The van der Waals surface area contributed by atoms with Crippen molar-refractivity contribution in [1.82, 2.24) is 45.3 Å². The van der Waals surface area contributed by atoms with Crippen molar-refractivity contribution in [3.63, 3.8) is 0 Å². The van der Waals surface area contributed by atoms with Crippen LogP contribution in [0.5, 0.6) is 17.2 Å². The first-order valence-electron chi connectivity index (χ1n) is 38.3. The summed E-state index contributed by atoms with van der Waals surface area (Å²) < 4.78 is 35.8. The van der Waals surface area contributed by atoms with Crippen LogP contribution in [0.1, 0.15) is 144 Å². The lowest BCUT2D eigenvalue weighted by molar-refractivity contribution is -0.134. The van der Waals surface area contributed by atoms with Crippen LogP contribution in [0.4, 0.5) is 0 Å². The van der Waals surface area contributed by atoms with Gasteiger partial charge in [-0.05, 0) is 242 Å². The van der Waals surface area contributed by atoms with Crippen LogP contribution in [0.25, 0.3) is 32.9 Å². The van der Waals surface area contributed by atoms with Gasteiger partial charge in [0, 0.05) is 73.2 Å². The van der Waals surface area contributed by atoms with Crippen molar-refractivity contribution in [2.75, 3.05) is 101 Å². The van der Waals surface area contributed by atoms with Gasteiger partial charge in [0.2, 0.25) is 0 Å². The van der Waals surface area contributed by atoms with Crippen LogP contribution in [-0.2, 0) is 71.2 Å². The highest BCUT2D eigenvalue weighted by atomic mass is 16.5. The van der Waals surface area contributed by atoms with E-state index in [2.05, 4.69) is 226 Å². The maximum Gasteiger partial charge on any atom is 0.328 e. The number of carboxylic acid groups (broad SMARTS) is 4. The predicted octanol–water partition coefficient (Wildman–Crippen LogP) is 14.8. The number of hydrogen-bond acceptors (Lipinski definition) is 19. The smallest absolute Gasteiger partial charge is 0.328 e. The Balaban J connectivity index is 0.000000205. The molecule has 23 heteroatoms. The highest BCUT2D eigenvalue weighted by Crippen LogP contribution is 2.37.